The lowest BCUT2D eigenvalue weighted by Gasteiger charge is -2.17. The van der Waals surface area contributed by atoms with Crippen LogP contribution in [0.1, 0.15) is 30.1 Å². The van der Waals surface area contributed by atoms with E-state index in [4.69, 9.17) is 4.74 Å². The third-order valence-corrected chi connectivity index (χ3v) is 3.49. The Morgan fingerprint density at radius 2 is 2.50 bits per heavy atom. The average Bonchev–Trinajstić information content (AvgIpc) is 2.74. The van der Waals surface area contributed by atoms with Crippen LogP contribution in [-0.4, -0.2) is 24.7 Å². The van der Waals surface area contributed by atoms with E-state index < -0.39 is 0 Å². The Bertz CT molecular complexity index is 373. The molecule has 0 aromatic carbocycles. The highest BCUT2D eigenvalue weighted by atomic mass is 32.1. The van der Waals surface area contributed by atoms with Crippen LogP contribution in [0.5, 0.6) is 0 Å². The van der Waals surface area contributed by atoms with Crippen LogP contribution < -0.4 is 5.32 Å². The van der Waals surface area contributed by atoms with Crippen LogP contribution in [0.4, 0.5) is 0 Å². The monoisotopic (exact) mass is 238 g/mol. The van der Waals surface area contributed by atoms with Gasteiger partial charge in [0, 0.05) is 18.0 Å². The van der Waals surface area contributed by atoms with Crippen molar-refractivity contribution in [2.24, 2.45) is 0 Å². The molecule has 0 saturated heterocycles. The molecular formula is C12H18N2OS. The molecule has 16 heavy (non-hydrogen) atoms. The third-order valence-electron chi connectivity index (χ3n) is 2.70. The Morgan fingerprint density at radius 3 is 3.12 bits per heavy atom. The van der Waals surface area contributed by atoms with Gasteiger partial charge in [-0.2, -0.15) is 0 Å². The van der Waals surface area contributed by atoms with Crippen LogP contribution >= 0.6 is 11.3 Å². The van der Waals surface area contributed by atoms with Crippen molar-refractivity contribution in [1.29, 1.82) is 0 Å². The number of hydrogen-bond donors (Lipinski definition) is 1. The van der Waals surface area contributed by atoms with Crippen LogP contribution in [-0.2, 0) is 4.74 Å². The van der Waals surface area contributed by atoms with Crippen molar-refractivity contribution in [2.45, 2.75) is 26.3 Å². The molecule has 2 heterocycles. The highest BCUT2D eigenvalue weighted by molar-refractivity contribution is 7.09. The summed E-state index contributed by atoms with van der Waals surface area (Å²) in [6, 6.07) is 0.313. The van der Waals surface area contributed by atoms with Gasteiger partial charge in [0.15, 0.2) is 0 Å². The zero-order valence-corrected chi connectivity index (χ0v) is 10.6. The standard InChI is InChI=1S/C12H18N2OS/c1-9(12-8-16-10(2)14-12)13-6-11-4-3-5-15-7-11/h4,8-9,13H,3,5-7H2,1-2H3. The average molecular weight is 238 g/mol. The normalized spacial score (nSPS) is 18.2. The summed E-state index contributed by atoms with van der Waals surface area (Å²) in [6.07, 6.45) is 3.32. The van der Waals surface area contributed by atoms with E-state index in [1.165, 1.54) is 5.57 Å². The lowest BCUT2D eigenvalue weighted by Crippen LogP contribution is -2.24. The molecular weight excluding hydrogens is 220 g/mol. The lowest BCUT2D eigenvalue weighted by atomic mass is 10.2. The topological polar surface area (TPSA) is 34.2 Å². The molecule has 0 fully saturated rings. The summed E-state index contributed by atoms with van der Waals surface area (Å²) in [7, 11) is 0. The van der Waals surface area contributed by atoms with Crippen molar-refractivity contribution in [2.75, 3.05) is 19.8 Å². The summed E-state index contributed by atoms with van der Waals surface area (Å²) in [5.41, 5.74) is 2.49. The van der Waals surface area contributed by atoms with Crippen LogP contribution in [0.3, 0.4) is 0 Å². The first kappa shape index (κ1) is 11.8. The summed E-state index contributed by atoms with van der Waals surface area (Å²) in [5.74, 6) is 0. The predicted octanol–water partition coefficient (Wildman–Crippen LogP) is 2.45. The second kappa shape index (κ2) is 5.57. The third kappa shape index (κ3) is 3.14. The maximum Gasteiger partial charge on any atom is 0.0898 e. The molecule has 1 N–H and O–H groups in total. The fourth-order valence-corrected chi connectivity index (χ4v) is 2.41. The van der Waals surface area contributed by atoms with Gasteiger partial charge in [-0.3, -0.25) is 0 Å². The quantitative estimate of drug-likeness (QED) is 0.818. The van der Waals surface area contributed by atoms with Crippen LogP contribution in [0.15, 0.2) is 17.0 Å². The molecule has 0 radical (unpaired) electrons. The first-order valence-electron chi connectivity index (χ1n) is 5.67. The number of rotatable bonds is 4. The van der Waals surface area contributed by atoms with Gasteiger partial charge in [0.2, 0.25) is 0 Å². The zero-order valence-electron chi connectivity index (χ0n) is 9.82. The fraction of sp³-hybridized carbons (Fsp3) is 0.583. The summed E-state index contributed by atoms with van der Waals surface area (Å²) in [6.45, 7) is 6.73. The smallest absolute Gasteiger partial charge is 0.0898 e. The summed E-state index contributed by atoms with van der Waals surface area (Å²) in [5, 5.41) is 6.73. The van der Waals surface area contributed by atoms with E-state index in [2.05, 4.69) is 28.7 Å². The molecule has 3 nitrogen and oxygen atoms in total. The van der Waals surface area contributed by atoms with Crippen molar-refractivity contribution in [1.82, 2.24) is 10.3 Å². The van der Waals surface area contributed by atoms with Crippen LogP contribution in [0.25, 0.3) is 0 Å². The van der Waals surface area contributed by atoms with Gasteiger partial charge >= 0.3 is 0 Å². The van der Waals surface area contributed by atoms with E-state index in [1.807, 2.05) is 6.92 Å². The van der Waals surface area contributed by atoms with E-state index >= 15 is 0 Å². The summed E-state index contributed by atoms with van der Waals surface area (Å²) in [4.78, 5) is 4.48. The first-order valence-corrected chi connectivity index (χ1v) is 6.55. The Kier molecular flexibility index (Phi) is 4.09. The minimum atomic E-state index is 0.313. The Labute approximate surface area is 101 Å². The van der Waals surface area contributed by atoms with E-state index in [0.29, 0.717) is 6.04 Å². The minimum absolute atomic E-state index is 0.313. The maximum atomic E-state index is 5.40. The summed E-state index contributed by atoms with van der Waals surface area (Å²) >= 11 is 1.70. The Balaban J connectivity index is 1.83. The number of aromatic nitrogens is 1. The van der Waals surface area contributed by atoms with Crippen molar-refractivity contribution in [3.8, 4) is 0 Å². The van der Waals surface area contributed by atoms with Crippen LogP contribution in [0.2, 0.25) is 0 Å². The number of nitrogens with zero attached hydrogens (tertiary/aromatic N) is 1. The van der Waals surface area contributed by atoms with Gasteiger partial charge < -0.3 is 10.1 Å². The van der Waals surface area contributed by atoms with E-state index in [1.54, 1.807) is 11.3 Å². The minimum Gasteiger partial charge on any atom is -0.377 e. The van der Waals surface area contributed by atoms with Crippen LogP contribution in [0, 0.1) is 6.92 Å². The summed E-state index contributed by atoms with van der Waals surface area (Å²) < 4.78 is 5.40. The van der Waals surface area contributed by atoms with Crippen molar-refractivity contribution < 1.29 is 4.74 Å². The predicted molar refractivity (Wildman–Crippen MR) is 66.8 cm³/mol. The number of nitrogens with one attached hydrogen (secondary N) is 1. The molecule has 1 unspecified atom stereocenters. The molecule has 1 aromatic heterocycles. The molecule has 1 atom stereocenters. The van der Waals surface area contributed by atoms with E-state index in [9.17, 15) is 0 Å². The number of aryl methyl sites for hydroxylation is 1. The van der Waals surface area contributed by atoms with E-state index in [0.717, 1.165) is 36.9 Å². The van der Waals surface area contributed by atoms with Crippen molar-refractivity contribution in [3.63, 3.8) is 0 Å². The molecule has 1 aliphatic rings. The van der Waals surface area contributed by atoms with E-state index in [-0.39, 0.29) is 0 Å². The van der Waals surface area contributed by atoms with Gasteiger partial charge in [-0.15, -0.1) is 11.3 Å². The molecule has 1 aromatic rings. The van der Waals surface area contributed by atoms with Gasteiger partial charge in [0.1, 0.15) is 0 Å². The highest BCUT2D eigenvalue weighted by Gasteiger charge is 2.10. The molecule has 0 aliphatic carbocycles. The molecule has 0 bridgehead atoms. The Morgan fingerprint density at radius 1 is 1.62 bits per heavy atom. The molecule has 0 saturated carbocycles. The van der Waals surface area contributed by atoms with Crippen molar-refractivity contribution >= 4 is 11.3 Å². The number of hydrogen-bond acceptors (Lipinski definition) is 4. The SMILES string of the molecule is Cc1nc(C(C)NCC2=CCCOC2)cs1. The molecule has 88 valence electrons. The highest BCUT2D eigenvalue weighted by Crippen LogP contribution is 2.16. The zero-order chi connectivity index (χ0) is 11.4. The molecule has 4 heteroatoms. The maximum absolute atomic E-state index is 5.40. The van der Waals surface area contributed by atoms with Gasteiger partial charge in [-0.05, 0) is 25.8 Å². The largest absolute Gasteiger partial charge is 0.377 e. The van der Waals surface area contributed by atoms with Gasteiger partial charge in [-0.1, -0.05) is 6.08 Å². The molecule has 2 rings (SSSR count). The molecule has 0 spiro atoms. The van der Waals surface area contributed by atoms with Crippen molar-refractivity contribution in [3.05, 3.63) is 27.7 Å². The fourth-order valence-electron chi connectivity index (χ4n) is 1.70. The molecule has 0 amide bonds. The molecule has 1 aliphatic heterocycles. The number of ether oxygens (including phenoxy) is 1. The lowest BCUT2D eigenvalue weighted by molar-refractivity contribution is 0.148. The van der Waals surface area contributed by atoms with Gasteiger partial charge in [0.05, 0.1) is 23.9 Å². The Hall–Kier alpha value is -0.710. The second-order valence-corrected chi connectivity index (χ2v) is 5.16. The van der Waals surface area contributed by atoms with Gasteiger partial charge in [0.25, 0.3) is 0 Å². The first-order chi connectivity index (χ1) is 7.75. The second-order valence-electron chi connectivity index (χ2n) is 4.10. The number of thiazole rings is 1. The van der Waals surface area contributed by atoms with Gasteiger partial charge in [-0.25, -0.2) is 4.98 Å².